The van der Waals surface area contributed by atoms with Crippen molar-refractivity contribution in [1.82, 2.24) is 0 Å². The molecule has 0 aromatic rings. The average molecular weight is 267 g/mol. The van der Waals surface area contributed by atoms with E-state index in [2.05, 4.69) is 0 Å². The topological polar surface area (TPSA) is 18.5 Å². The molecule has 0 bridgehead atoms. The zero-order valence-corrected chi connectivity index (χ0v) is 8.69. The Kier molecular flexibility index (Phi) is 4.64. The van der Waals surface area contributed by atoms with Crippen LogP contribution in [0.1, 0.15) is 6.92 Å². The average Bonchev–Trinajstić information content (AvgIpc) is 1.67. The van der Waals surface area contributed by atoms with E-state index in [0.29, 0.717) is 6.61 Å². The van der Waals surface area contributed by atoms with E-state index in [4.69, 9.17) is 19.9 Å². The lowest BCUT2D eigenvalue weighted by Crippen LogP contribution is -2.26. The highest BCUT2D eigenvalue weighted by Gasteiger charge is 2.29. The van der Waals surface area contributed by atoms with Gasteiger partial charge in [-0.3, -0.25) is 0 Å². The largest absolute Gasteiger partial charge is 0.513 e. The van der Waals surface area contributed by atoms with Crippen LogP contribution in [0.15, 0.2) is 0 Å². The first-order valence-corrected chi connectivity index (χ1v) is 8.13. The van der Waals surface area contributed by atoms with E-state index in [1.54, 1.807) is 7.11 Å². The molecule has 0 rings (SSSR count). The van der Waals surface area contributed by atoms with Gasteiger partial charge in [0, 0.05) is 13.7 Å². The van der Waals surface area contributed by atoms with Gasteiger partial charge in [-0.25, -0.2) is 0 Å². The molecule has 0 aliphatic heterocycles. The summed E-state index contributed by atoms with van der Waals surface area (Å²) in [6.45, 7) is 2.51. The van der Waals surface area contributed by atoms with Gasteiger partial charge in [0.15, 0.2) is 0 Å². The summed E-state index contributed by atoms with van der Waals surface area (Å²) in [6, 6.07) is 0. The van der Waals surface area contributed by atoms with Gasteiger partial charge in [0.25, 0.3) is 0 Å². The van der Waals surface area contributed by atoms with Gasteiger partial charge >= 0.3 is 5.37 Å². The van der Waals surface area contributed by atoms with Gasteiger partial charge in [-0.1, -0.05) is 11.1 Å². The smallest absolute Gasteiger partial charge is 0.379 e. The Bertz CT molecular complexity index is 70.3. The zero-order chi connectivity index (χ0) is 6.62. The van der Waals surface area contributed by atoms with Crippen LogP contribution < -0.4 is 0 Å². The molecule has 2 nitrogen and oxygen atoms in total. The van der Waals surface area contributed by atoms with Crippen molar-refractivity contribution in [2.75, 3.05) is 13.7 Å². The van der Waals surface area contributed by atoms with E-state index in [0.717, 1.165) is 0 Å². The molecule has 1 atom stereocenters. The van der Waals surface area contributed by atoms with Crippen LogP contribution in [0.4, 0.5) is 0 Å². The lowest BCUT2D eigenvalue weighted by Gasteiger charge is -2.12. The summed E-state index contributed by atoms with van der Waals surface area (Å²) in [7, 11) is 1.56. The normalized spacial score (nSPS) is 18.0. The van der Waals surface area contributed by atoms with Crippen LogP contribution in [0.2, 0.25) is 0 Å². The molecule has 5 heteroatoms. The van der Waals surface area contributed by atoms with E-state index in [1.165, 1.54) is 0 Å². The fourth-order valence-corrected chi connectivity index (χ4v) is 1.94. The van der Waals surface area contributed by atoms with E-state index in [9.17, 15) is 0 Å². The van der Waals surface area contributed by atoms with Crippen LogP contribution in [-0.4, -0.2) is 19.1 Å². The van der Waals surface area contributed by atoms with E-state index >= 15 is 0 Å². The molecule has 0 amide bonds. The Balaban J connectivity index is 3.37. The van der Waals surface area contributed by atoms with Gasteiger partial charge in [-0.15, -0.1) is 0 Å². The summed E-state index contributed by atoms with van der Waals surface area (Å²) in [4.78, 5) is 0. The van der Waals surface area contributed by atoms with Crippen molar-refractivity contribution in [1.29, 1.82) is 0 Å². The quantitative estimate of drug-likeness (QED) is 0.440. The Morgan fingerprint density at radius 1 is 1.75 bits per heavy atom. The van der Waals surface area contributed by atoms with Crippen LogP contribution in [0, 0.1) is 0 Å². The highest BCUT2D eigenvalue weighted by Crippen LogP contribution is 2.19. The van der Waals surface area contributed by atoms with Gasteiger partial charge in [0.2, 0.25) is 0 Å². The van der Waals surface area contributed by atoms with Crippen molar-refractivity contribution in [3.8, 4) is 0 Å². The number of hydrogen-bond donors (Lipinski definition) is 0. The second-order valence-corrected chi connectivity index (χ2v) is 10.4. The Hall–Kier alpha value is 1.16. The maximum atomic E-state index is 5.70. The van der Waals surface area contributed by atoms with Crippen molar-refractivity contribution < 1.29 is 8.85 Å². The van der Waals surface area contributed by atoms with Crippen LogP contribution >= 0.6 is 32.9 Å². The minimum absolute atomic E-state index is 0.618. The van der Waals surface area contributed by atoms with Gasteiger partial charge in [-0.2, -0.15) is 0 Å². The molecular formula is C3H8ClIO2Si. The van der Waals surface area contributed by atoms with E-state index in [1.807, 2.05) is 28.7 Å². The van der Waals surface area contributed by atoms with Gasteiger partial charge in [0.05, 0.1) is 0 Å². The summed E-state index contributed by atoms with van der Waals surface area (Å²) in [5.74, 6) is 0. The highest BCUT2D eigenvalue weighted by atomic mass is 127. The zero-order valence-electron chi connectivity index (χ0n) is 4.78. The molecule has 0 heterocycles. The Labute approximate surface area is 67.7 Å². The molecular weight excluding hydrogens is 258 g/mol. The summed E-state index contributed by atoms with van der Waals surface area (Å²) < 4.78 is 9.89. The van der Waals surface area contributed by atoms with Gasteiger partial charge in [-0.05, 0) is 28.7 Å². The standard InChI is InChI=1S/C3H8ClIO2Si/c1-3-7-8(4,5)6-2/h3H2,1-2H3. The molecule has 0 radical (unpaired) electrons. The fourth-order valence-electron chi connectivity index (χ4n) is 0.227. The number of halogens is 2. The molecule has 0 aromatic carbocycles. The van der Waals surface area contributed by atoms with Crippen LogP contribution in [0.25, 0.3) is 0 Å². The third kappa shape index (κ3) is 4.08. The Morgan fingerprint density at radius 2 is 2.25 bits per heavy atom. The first-order valence-electron chi connectivity index (χ1n) is 2.19. The maximum Gasteiger partial charge on any atom is 0.513 e. The van der Waals surface area contributed by atoms with Crippen LogP contribution in [0.5, 0.6) is 0 Å². The second-order valence-electron chi connectivity index (χ2n) is 1.10. The van der Waals surface area contributed by atoms with E-state index in [-0.39, 0.29) is 0 Å². The summed E-state index contributed by atoms with van der Waals surface area (Å²) in [5.41, 5.74) is 0. The third-order valence-corrected chi connectivity index (χ3v) is 4.70. The molecule has 50 valence electrons. The van der Waals surface area contributed by atoms with Crippen molar-refractivity contribution in [2.45, 2.75) is 6.92 Å². The summed E-state index contributed by atoms with van der Waals surface area (Å²) in [6.07, 6.45) is 0. The number of hydrogen-bond acceptors (Lipinski definition) is 2. The monoisotopic (exact) mass is 266 g/mol. The third-order valence-electron chi connectivity index (χ3n) is 0.550. The lowest BCUT2D eigenvalue weighted by molar-refractivity contribution is 0.256. The SMILES string of the molecule is CCO[Si](Cl)(I)OC. The first-order chi connectivity index (χ1) is 3.62. The molecule has 0 fully saturated rings. The molecule has 0 saturated carbocycles. The maximum absolute atomic E-state index is 5.70. The first kappa shape index (κ1) is 9.16. The van der Waals surface area contributed by atoms with Crippen molar-refractivity contribution >= 4 is 38.2 Å². The van der Waals surface area contributed by atoms with Crippen molar-refractivity contribution in [3.63, 3.8) is 0 Å². The summed E-state index contributed by atoms with van der Waals surface area (Å²) >= 11 is 7.70. The molecule has 0 aliphatic carbocycles. The van der Waals surface area contributed by atoms with Crippen molar-refractivity contribution in [3.05, 3.63) is 0 Å². The lowest BCUT2D eigenvalue weighted by atomic mass is 10.9. The molecule has 0 aliphatic rings. The molecule has 0 spiro atoms. The minimum atomic E-state index is -2.24. The predicted octanol–water partition coefficient (Wildman–Crippen LogP) is 1.78. The molecule has 1 unspecified atom stereocenters. The fraction of sp³-hybridized carbons (Fsp3) is 1.00. The van der Waals surface area contributed by atoms with Crippen LogP contribution in [-0.2, 0) is 8.85 Å². The molecule has 0 aromatic heterocycles. The Morgan fingerprint density at radius 3 is 2.38 bits per heavy atom. The van der Waals surface area contributed by atoms with Crippen LogP contribution in [0.3, 0.4) is 0 Å². The summed E-state index contributed by atoms with van der Waals surface area (Å²) in [5, 5.41) is -2.24. The van der Waals surface area contributed by atoms with Crippen molar-refractivity contribution in [2.24, 2.45) is 0 Å². The predicted molar refractivity (Wildman–Crippen MR) is 44.3 cm³/mol. The molecule has 8 heavy (non-hydrogen) atoms. The van der Waals surface area contributed by atoms with E-state index < -0.39 is 5.37 Å². The molecule has 0 N–H and O–H groups in total. The van der Waals surface area contributed by atoms with Gasteiger partial charge < -0.3 is 8.85 Å². The van der Waals surface area contributed by atoms with Gasteiger partial charge in [0.1, 0.15) is 0 Å². The second kappa shape index (κ2) is 4.05. The molecule has 0 saturated heterocycles. The minimum Gasteiger partial charge on any atom is -0.379 e. The number of rotatable bonds is 3. The highest BCUT2D eigenvalue weighted by molar-refractivity contribution is 14.1.